The maximum absolute atomic E-state index is 6.96. The summed E-state index contributed by atoms with van der Waals surface area (Å²) in [5.74, 6) is 0. The molecule has 524 valence electrons. The lowest BCUT2D eigenvalue weighted by Gasteiger charge is -2.15. The maximum atomic E-state index is 6.96. The number of rotatable bonds is 14. The van der Waals surface area contributed by atoms with Crippen molar-refractivity contribution in [1.82, 2.24) is 9.13 Å². The Morgan fingerprint density at radius 3 is 0.875 bits per heavy atom. The lowest BCUT2D eigenvalue weighted by Crippen LogP contribution is -1.94. The summed E-state index contributed by atoms with van der Waals surface area (Å²) in [6.07, 6.45) is 0. The van der Waals surface area contributed by atoms with E-state index in [0.29, 0.717) is 0 Å². The molecule has 3 nitrogen and oxygen atoms in total. The van der Waals surface area contributed by atoms with E-state index in [9.17, 15) is 0 Å². The van der Waals surface area contributed by atoms with Crippen LogP contribution in [-0.4, -0.2) is 9.13 Å². The highest BCUT2D eigenvalue weighted by Gasteiger charge is 2.21. The van der Waals surface area contributed by atoms with Gasteiger partial charge in [0, 0.05) is 49.3 Å². The third-order valence-corrected chi connectivity index (χ3v) is 22.7. The highest BCUT2D eigenvalue weighted by atomic mass is 16.3. The molecule has 0 atom stereocenters. The van der Waals surface area contributed by atoms with Crippen molar-refractivity contribution in [2.45, 2.75) is 6.92 Å². The number of aryl methyl sites for hydroxylation is 1. The molecule has 0 unspecified atom stereocenters. The molecule has 0 fully saturated rings. The number of hydrogen-bond acceptors (Lipinski definition) is 1. The number of fused-ring (bicyclic) bond motifs is 9. The van der Waals surface area contributed by atoms with E-state index in [1.54, 1.807) is 0 Å². The van der Waals surface area contributed by atoms with E-state index < -0.39 is 0 Å². The summed E-state index contributed by atoms with van der Waals surface area (Å²) in [6.45, 7) is 2.15. The van der Waals surface area contributed by atoms with E-state index in [2.05, 4.69) is 435 Å². The molecule has 0 aliphatic carbocycles. The lowest BCUT2D eigenvalue weighted by atomic mass is 9.90. The second kappa shape index (κ2) is 27.5. The summed E-state index contributed by atoms with van der Waals surface area (Å²) in [4.78, 5) is 0. The van der Waals surface area contributed by atoms with Crippen LogP contribution < -0.4 is 0 Å². The Kier molecular flexibility index (Phi) is 16.1. The first kappa shape index (κ1) is 65.6. The van der Waals surface area contributed by atoms with Gasteiger partial charge in [0.1, 0.15) is 11.2 Å². The fraction of sp³-hybridized carbons (Fsp3) is 0.00917. The van der Waals surface area contributed by atoms with Crippen LogP contribution in [0.15, 0.2) is 423 Å². The summed E-state index contributed by atoms with van der Waals surface area (Å²) in [5.41, 5.74) is 37.6. The topological polar surface area (TPSA) is 23.0 Å². The molecule has 0 spiro atoms. The molecule has 3 heterocycles. The van der Waals surface area contributed by atoms with Crippen LogP contribution in [0.1, 0.15) is 5.56 Å². The van der Waals surface area contributed by atoms with E-state index >= 15 is 0 Å². The minimum atomic E-state index is 0.859. The van der Waals surface area contributed by atoms with Crippen molar-refractivity contribution in [1.29, 1.82) is 0 Å². The molecule has 0 bridgehead atoms. The van der Waals surface area contributed by atoms with Gasteiger partial charge in [-0.3, -0.25) is 0 Å². The van der Waals surface area contributed by atoms with Crippen LogP contribution in [-0.2, 0) is 0 Å². The highest BCUT2D eigenvalue weighted by molar-refractivity contribution is 6.14. The average Bonchev–Trinajstić information content (AvgIpc) is 1.62. The van der Waals surface area contributed by atoms with Crippen LogP contribution in [0.3, 0.4) is 0 Å². The summed E-state index contributed by atoms with van der Waals surface area (Å²) in [6, 6.07) is 154. The molecule has 3 aromatic heterocycles. The zero-order valence-electron chi connectivity index (χ0n) is 61.6. The normalized spacial score (nSPS) is 11.6. The Bertz CT molecular complexity index is 6930. The summed E-state index contributed by atoms with van der Waals surface area (Å²) in [5, 5.41) is 7.01. The quantitative estimate of drug-likeness (QED) is 0.106. The molecule has 0 saturated heterocycles. The number of nitrogens with zero attached hydrogens (tertiary/aromatic N) is 2. The van der Waals surface area contributed by atoms with Crippen LogP contribution in [0.4, 0.5) is 0 Å². The highest BCUT2D eigenvalue weighted by Crippen LogP contribution is 2.45. The molecule has 21 aromatic rings. The molecule has 0 radical (unpaired) electrons. The van der Waals surface area contributed by atoms with Gasteiger partial charge in [0.05, 0.1) is 22.1 Å². The molecule has 21 rings (SSSR count). The molecule has 0 amide bonds. The molecule has 18 aromatic carbocycles. The SMILES string of the molecule is Cc1cccc(-c2cccc(-c3cccc(-c4cc(-c5cc(-c6ccc(-n7c8ccccc8c8cc(-c9cccc(-c%10cccc(-c%11ccccc%11)c%10)c9)ccc87)cc6)cc(-c6ccc(-n7c8ccccc8c8cc(-c9cccc(-c%10cccc(-c%11ccccc%11)c%10)c9)ccc87)cc6)c5)cc5c4oc4ccccc45)c3)c2)c1. The van der Waals surface area contributed by atoms with Crippen LogP contribution in [0.2, 0.25) is 0 Å². The third-order valence-electron chi connectivity index (χ3n) is 22.7. The zero-order chi connectivity index (χ0) is 74.2. The second-order valence-corrected chi connectivity index (χ2v) is 29.6. The Balaban J connectivity index is 0.670. The summed E-state index contributed by atoms with van der Waals surface area (Å²) >= 11 is 0. The third kappa shape index (κ3) is 12.0. The molecule has 0 aliphatic rings. The largest absolute Gasteiger partial charge is 0.455 e. The number of aromatic nitrogens is 2. The van der Waals surface area contributed by atoms with Gasteiger partial charge in [-0.2, -0.15) is 0 Å². The van der Waals surface area contributed by atoms with Gasteiger partial charge in [-0.15, -0.1) is 0 Å². The standard InChI is InChI=1S/C109H72N2O/c1-71-21-14-26-76(57-71)79-29-17-34-84(60-79)87-37-20-38-90(63-87)100-69-94(70-103-99-41-10-13-44-108(99)112-109(100)103)93-65-91(74-45-51-95(52-46-74)110-104-42-11-8-39-97(104)101-67-88(49-55-106(101)110)85-35-18-32-82(61-85)80-30-15-27-77(58-80)72-22-4-2-5-23-72)64-92(66-93)75-47-53-96(54-48-75)111-105-43-12-9-40-98(105)102-68-89(50-56-107(102)111)86-36-19-33-83(62-86)81-31-16-28-78(59-81)73-24-6-3-7-25-73/h2-70H,1H3. The van der Waals surface area contributed by atoms with Crippen molar-refractivity contribution in [3.8, 4) is 145 Å². The first-order valence-corrected chi connectivity index (χ1v) is 38.6. The second-order valence-electron chi connectivity index (χ2n) is 29.6. The van der Waals surface area contributed by atoms with Gasteiger partial charge in [0.15, 0.2) is 0 Å². The lowest BCUT2D eigenvalue weighted by molar-refractivity contribution is 0.670. The number of benzene rings is 18. The average molecular weight is 1430 g/mol. The van der Waals surface area contributed by atoms with Crippen LogP contribution in [0, 0.1) is 6.92 Å². The molecule has 0 saturated carbocycles. The van der Waals surface area contributed by atoms with E-state index in [1.807, 2.05) is 0 Å². The Hall–Kier alpha value is -14.6. The van der Waals surface area contributed by atoms with Crippen molar-refractivity contribution in [3.63, 3.8) is 0 Å². The minimum Gasteiger partial charge on any atom is -0.455 e. The maximum Gasteiger partial charge on any atom is 0.143 e. The van der Waals surface area contributed by atoms with Crippen LogP contribution in [0.25, 0.3) is 210 Å². The number of para-hydroxylation sites is 3. The van der Waals surface area contributed by atoms with Crippen molar-refractivity contribution in [3.05, 3.63) is 424 Å². The summed E-state index contributed by atoms with van der Waals surface area (Å²) < 4.78 is 11.8. The molecule has 3 heteroatoms. The van der Waals surface area contributed by atoms with Crippen LogP contribution >= 0.6 is 0 Å². The van der Waals surface area contributed by atoms with Gasteiger partial charge < -0.3 is 13.6 Å². The predicted octanol–water partition coefficient (Wildman–Crippen LogP) is 30.1. The predicted molar refractivity (Wildman–Crippen MR) is 472 cm³/mol. The van der Waals surface area contributed by atoms with Crippen LogP contribution in [0.5, 0.6) is 0 Å². The van der Waals surface area contributed by atoms with Gasteiger partial charge in [0.2, 0.25) is 0 Å². The molecular weight excluding hydrogens is 1350 g/mol. The zero-order valence-corrected chi connectivity index (χ0v) is 61.6. The monoisotopic (exact) mass is 1420 g/mol. The van der Waals surface area contributed by atoms with E-state index in [4.69, 9.17) is 4.42 Å². The van der Waals surface area contributed by atoms with E-state index in [1.165, 1.54) is 105 Å². The smallest absolute Gasteiger partial charge is 0.143 e. The fourth-order valence-corrected chi connectivity index (χ4v) is 17.1. The molecule has 0 N–H and O–H groups in total. The number of furan rings is 1. The van der Waals surface area contributed by atoms with Gasteiger partial charge >= 0.3 is 0 Å². The van der Waals surface area contributed by atoms with Gasteiger partial charge in [0.25, 0.3) is 0 Å². The molecular formula is C109H72N2O. The number of hydrogen-bond donors (Lipinski definition) is 0. The van der Waals surface area contributed by atoms with Gasteiger partial charge in [-0.1, -0.05) is 291 Å². The van der Waals surface area contributed by atoms with E-state index in [0.717, 1.165) is 111 Å². The molecule has 112 heavy (non-hydrogen) atoms. The van der Waals surface area contributed by atoms with Crippen molar-refractivity contribution in [2.75, 3.05) is 0 Å². The van der Waals surface area contributed by atoms with Crippen molar-refractivity contribution in [2.24, 2.45) is 0 Å². The fourth-order valence-electron chi connectivity index (χ4n) is 17.1. The summed E-state index contributed by atoms with van der Waals surface area (Å²) in [7, 11) is 0. The van der Waals surface area contributed by atoms with Crippen molar-refractivity contribution >= 4 is 65.6 Å². The first-order chi connectivity index (χ1) is 55.4. The van der Waals surface area contributed by atoms with Gasteiger partial charge in [-0.25, -0.2) is 0 Å². The van der Waals surface area contributed by atoms with Crippen molar-refractivity contribution < 1.29 is 4.42 Å². The Labute approximate surface area is 650 Å². The van der Waals surface area contributed by atoms with Gasteiger partial charge in [-0.05, 0) is 268 Å². The molecule has 0 aliphatic heterocycles. The Morgan fingerprint density at radius 2 is 0.446 bits per heavy atom. The minimum absolute atomic E-state index is 0.859. The first-order valence-electron chi connectivity index (χ1n) is 38.6. The Morgan fingerprint density at radius 1 is 0.170 bits per heavy atom. The van der Waals surface area contributed by atoms with E-state index in [-0.39, 0.29) is 0 Å².